The van der Waals surface area contributed by atoms with Gasteiger partial charge in [-0.05, 0) is 55.5 Å². The smallest absolute Gasteiger partial charge is 0.425 e. The number of fused-ring (bicyclic) bond motifs is 1. The maximum Gasteiger partial charge on any atom is 0.491 e. The van der Waals surface area contributed by atoms with Gasteiger partial charge in [-0.15, -0.1) is 0 Å². The third-order valence-corrected chi connectivity index (χ3v) is 5.33. The van der Waals surface area contributed by atoms with Crippen molar-refractivity contribution in [1.29, 1.82) is 0 Å². The third kappa shape index (κ3) is 4.26. The third-order valence-electron chi connectivity index (χ3n) is 5.33. The van der Waals surface area contributed by atoms with Gasteiger partial charge < -0.3 is 14.6 Å². The number of hydrogen-bond acceptors (Lipinski definition) is 4. The van der Waals surface area contributed by atoms with E-state index in [1.54, 1.807) is 18.3 Å². The number of carbonyl (C=O) groups excluding carboxylic acids is 2. The molecule has 31 heavy (non-hydrogen) atoms. The Morgan fingerprint density at radius 1 is 1.23 bits per heavy atom. The second-order valence-electron chi connectivity index (χ2n) is 7.64. The van der Waals surface area contributed by atoms with Crippen LogP contribution in [0.25, 0.3) is 22.2 Å². The fourth-order valence-electron chi connectivity index (χ4n) is 3.35. The first-order valence-electron chi connectivity index (χ1n) is 9.76. The largest absolute Gasteiger partial charge is 0.491 e. The average Bonchev–Trinajstić information content (AvgIpc) is 3.43. The number of aryl methyl sites for hydroxylation is 1. The highest BCUT2D eigenvalue weighted by Gasteiger charge is 2.44. The number of nitrogens with zero attached hydrogens (tertiary/aromatic N) is 2. The minimum Gasteiger partial charge on any atom is -0.425 e. The summed E-state index contributed by atoms with van der Waals surface area (Å²) in [6.45, 7) is 3.94. The van der Waals surface area contributed by atoms with Crippen molar-refractivity contribution >= 4 is 22.9 Å². The maximum absolute atomic E-state index is 12.8. The van der Waals surface area contributed by atoms with E-state index in [-0.39, 0.29) is 6.04 Å². The van der Waals surface area contributed by atoms with Crippen LogP contribution >= 0.6 is 0 Å². The maximum atomic E-state index is 12.8. The van der Waals surface area contributed by atoms with Crippen molar-refractivity contribution in [2.24, 2.45) is 0 Å². The minimum atomic E-state index is -5.22. The normalized spacial score (nSPS) is 15.0. The molecule has 0 bridgehead atoms. The predicted octanol–water partition coefficient (Wildman–Crippen LogP) is 4.20. The molecule has 1 aliphatic rings. The number of hydrogen-bond donors (Lipinski definition) is 1. The molecule has 6 nitrogen and oxygen atoms in total. The number of carbonyl (C=O) groups is 2. The van der Waals surface area contributed by atoms with Gasteiger partial charge >= 0.3 is 12.1 Å². The second-order valence-corrected chi connectivity index (χ2v) is 7.64. The average molecular weight is 431 g/mol. The zero-order valence-electron chi connectivity index (χ0n) is 16.9. The van der Waals surface area contributed by atoms with Crippen molar-refractivity contribution in [1.82, 2.24) is 14.9 Å². The topological polar surface area (TPSA) is 73.2 Å². The van der Waals surface area contributed by atoms with Crippen molar-refractivity contribution in [3.8, 4) is 11.1 Å². The van der Waals surface area contributed by atoms with Crippen LogP contribution < -0.4 is 5.32 Å². The van der Waals surface area contributed by atoms with Crippen LogP contribution in [0.4, 0.5) is 13.2 Å². The number of rotatable bonds is 5. The molecule has 1 unspecified atom stereocenters. The second kappa shape index (κ2) is 7.72. The quantitative estimate of drug-likeness (QED) is 0.615. The zero-order valence-corrected chi connectivity index (χ0v) is 16.9. The molecule has 162 valence electrons. The summed E-state index contributed by atoms with van der Waals surface area (Å²) in [4.78, 5) is 28.6. The first-order valence-corrected chi connectivity index (χ1v) is 9.76. The van der Waals surface area contributed by atoms with E-state index in [0.29, 0.717) is 11.0 Å². The van der Waals surface area contributed by atoms with Crippen LogP contribution in [0.3, 0.4) is 0 Å². The lowest BCUT2D eigenvalue weighted by Gasteiger charge is -2.21. The van der Waals surface area contributed by atoms with Crippen molar-refractivity contribution in [2.45, 2.75) is 45.1 Å². The molecule has 3 aromatic rings. The predicted molar refractivity (Wildman–Crippen MR) is 107 cm³/mol. The Balaban J connectivity index is 1.77. The molecule has 2 heterocycles. The lowest BCUT2D eigenvalue weighted by atomic mass is 9.98. The molecular weight excluding hydrogens is 411 g/mol. The first kappa shape index (κ1) is 20.9. The van der Waals surface area contributed by atoms with Crippen LogP contribution in [0.15, 0.2) is 42.7 Å². The molecule has 2 aromatic heterocycles. The molecule has 1 fully saturated rings. The molecule has 0 aliphatic heterocycles. The Morgan fingerprint density at radius 2 is 1.97 bits per heavy atom. The molecule has 1 aliphatic carbocycles. The molecular formula is C22H20F3N3O3. The van der Waals surface area contributed by atoms with Crippen molar-refractivity contribution < 1.29 is 27.5 Å². The molecule has 1 atom stereocenters. The highest BCUT2D eigenvalue weighted by Crippen LogP contribution is 2.30. The fraction of sp³-hybridized carbons (Fsp3) is 0.318. The molecule has 0 radical (unpaired) electrons. The summed E-state index contributed by atoms with van der Waals surface area (Å²) in [6.07, 6.45) is -2.50. The number of halogens is 3. The number of nitrogens with one attached hydrogen (secondary N) is 1. The zero-order chi connectivity index (χ0) is 22.3. The molecule has 1 saturated carbocycles. The number of alkyl halides is 3. The number of amides is 1. The lowest BCUT2D eigenvalue weighted by Crippen LogP contribution is -2.39. The van der Waals surface area contributed by atoms with E-state index in [9.17, 15) is 22.8 Å². The molecule has 4 rings (SSSR count). The van der Waals surface area contributed by atoms with E-state index in [2.05, 4.69) is 15.0 Å². The van der Waals surface area contributed by atoms with Crippen LogP contribution in [0.5, 0.6) is 0 Å². The van der Waals surface area contributed by atoms with Crippen LogP contribution in [-0.4, -0.2) is 33.6 Å². The summed E-state index contributed by atoms with van der Waals surface area (Å²) in [6, 6.07) is 8.95. The Labute approximate surface area is 176 Å². The van der Waals surface area contributed by atoms with Gasteiger partial charge in [0.05, 0.1) is 11.0 Å². The molecule has 0 saturated heterocycles. The van der Waals surface area contributed by atoms with Crippen LogP contribution in [-0.2, 0) is 14.3 Å². The minimum absolute atomic E-state index is 0.120. The van der Waals surface area contributed by atoms with Crippen molar-refractivity contribution in [3.05, 3.63) is 53.9 Å². The molecule has 0 spiro atoms. The Hall–Kier alpha value is -3.36. The number of aromatic nitrogens is 2. The van der Waals surface area contributed by atoms with Gasteiger partial charge in [-0.3, -0.25) is 9.78 Å². The van der Waals surface area contributed by atoms with Crippen LogP contribution in [0.1, 0.15) is 30.2 Å². The SMILES string of the molecule is Cc1cccc(-c2cnc3ccn(C(OC(=O)C(F)(F)F)C(=O)NC4CC4)c3c2)c1C. The summed E-state index contributed by atoms with van der Waals surface area (Å²) in [5, 5.41) is 2.60. The molecule has 1 N–H and O–H groups in total. The number of pyridine rings is 1. The highest BCUT2D eigenvalue weighted by molar-refractivity contribution is 5.88. The van der Waals surface area contributed by atoms with E-state index in [4.69, 9.17) is 0 Å². The number of ether oxygens (including phenoxy) is 1. The standard InChI is InChI=1S/C22H20F3N3O3/c1-12-4-3-5-16(13(12)2)14-10-18-17(26-11-14)8-9-28(18)20(19(29)27-15-6-7-15)31-21(30)22(23,24)25/h3-5,8-11,15,20H,6-7H2,1-2H3,(H,27,29). The van der Waals surface area contributed by atoms with Gasteiger partial charge in [0.15, 0.2) is 0 Å². The van der Waals surface area contributed by atoms with Gasteiger partial charge in [-0.1, -0.05) is 18.2 Å². The Morgan fingerprint density at radius 3 is 2.65 bits per heavy atom. The fourth-order valence-corrected chi connectivity index (χ4v) is 3.35. The van der Waals surface area contributed by atoms with Gasteiger partial charge in [0, 0.05) is 24.0 Å². The molecule has 9 heteroatoms. The monoisotopic (exact) mass is 431 g/mol. The van der Waals surface area contributed by atoms with E-state index < -0.39 is 24.3 Å². The summed E-state index contributed by atoms with van der Waals surface area (Å²) in [5.74, 6) is -3.24. The van der Waals surface area contributed by atoms with Gasteiger partial charge in [-0.25, -0.2) is 4.79 Å². The summed E-state index contributed by atoms with van der Waals surface area (Å²) in [5.41, 5.74) is 4.60. The lowest BCUT2D eigenvalue weighted by molar-refractivity contribution is -0.209. The highest BCUT2D eigenvalue weighted by atomic mass is 19.4. The summed E-state index contributed by atoms with van der Waals surface area (Å²) in [7, 11) is 0. The van der Waals surface area contributed by atoms with E-state index >= 15 is 0 Å². The molecule has 1 aromatic carbocycles. The van der Waals surface area contributed by atoms with Crippen molar-refractivity contribution in [2.75, 3.05) is 0 Å². The van der Waals surface area contributed by atoms with Gasteiger partial charge in [0.25, 0.3) is 12.1 Å². The number of esters is 1. The Kier molecular flexibility index (Phi) is 5.20. The summed E-state index contributed by atoms with van der Waals surface area (Å²) >= 11 is 0. The number of benzene rings is 1. The first-order chi connectivity index (χ1) is 14.6. The van der Waals surface area contributed by atoms with Crippen molar-refractivity contribution in [3.63, 3.8) is 0 Å². The molecule has 1 amide bonds. The van der Waals surface area contributed by atoms with Gasteiger partial charge in [0.2, 0.25) is 0 Å². The van der Waals surface area contributed by atoms with E-state index in [1.165, 1.54) is 10.8 Å². The van der Waals surface area contributed by atoms with E-state index in [0.717, 1.165) is 35.1 Å². The van der Waals surface area contributed by atoms with Crippen LogP contribution in [0.2, 0.25) is 0 Å². The Bertz CT molecular complexity index is 1170. The summed E-state index contributed by atoms with van der Waals surface area (Å²) < 4.78 is 44.3. The van der Waals surface area contributed by atoms with Gasteiger partial charge in [0.1, 0.15) is 0 Å². The van der Waals surface area contributed by atoms with Gasteiger partial charge in [-0.2, -0.15) is 13.2 Å². The van der Waals surface area contributed by atoms with E-state index in [1.807, 2.05) is 32.0 Å². The van der Waals surface area contributed by atoms with Crippen LogP contribution in [0, 0.1) is 13.8 Å².